The Morgan fingerprint density at radius 1 is 1.15 bits per heavy atom. The lowest BCUT2D eigenvalue weighted by atomic mass is 9.71. The molecule has 3 N–H and O–H groups in total. The van der Waals surface area contributed by atoms with Gasteiger partial charge in [0, 0.05) is 31.1 Å². The minimum Gasteiger partial charge on any atom is -0.330 e. The van der Waals surface area contributed by atoms with Gasteiger partial charge in [-0.15, -0.1) is 24.8 Å². The van der Waals surface area contributed by atoms with Crippen LogP contribution in [0.4, 0.5) is 5.82 Å². The summed E-state index contributed by atoms with van der Waals surface area (Å²) >= 11 is 0. The third-order valence-electron chi connectivity index (χ3n) is 4.88. The van der Waals surface area contributed by atoms with E-state index in [1.807, 2.05) is 29.1 Å². The van der Waals surface area contributed by atoms with Gasteiger partial charge in [0.1, 0.15) is 0 Å². The van der Waals surface area contributed by atoms with Crippen LogP contribution in [0, 0.1) is 5.41 Å². The lowest BCUT2D eigenvalue weighted by Gasteiger charge is -2.35. The van der Waals surface area contributed by atoms with Crippen molar-refractivity contribution >= 4 is 36.5 Å². The third-order valence-corrected chi connectivity index (χ3v) is 4.88. The zero-order valence-electron chi connectivity index (χ0n) is 14.8. The molecular formula is C18H27Cl2N5O. The van der Waals surface area contributed by atoms with Crippen LogP contribution < -0.4 is 11.1 Å². The minimum absolute atomic E-state index is 0. The fraction of sp³-hybridized carbons (Fsp3) is 0.500. The first-order valence-corrected chi connectivity index (χ1v) is 8.61. The summed E-state index contributed by atoms with van der Waals surface area (Å²) in [6.07, 6.45) is 11.6. The summed E-state index contributed by atoms with van der Waals surface area (Å²) in [4.78, 5) is 16.4. The van der Waals surface area contributed by atoms with Crippen molar-refractivity contribution in [2.45, 2.75) is 45.1 Å². The Morgan fingerprint density at radius 2 is 1.85 bits per heavy atom. The Balaban J connectivity index is 0.00000169. The largest absolute Gasteiger partial charge is 0.330 e. The van der Waals surface area contributed by atoms with Crippen LogP contribution in [-0.4, -0.2) is 27.2 Å². The Kier molecular flexibility index (Phi) is 9.05. The number of hydrogen-bond donors (Lipinski definition) is 2. The average Bonchev–Trinajstić information content (AvgIpc) is 3.03. The maximum Gasteiger partial charge on any atom is 0.226 e. The summed E-state index contributed by atoms with van der Waals surface area (Å²) < 4.78 is 1.81. The molecule has 0 aliphatic heterocycles. The van der Waals surface area contributed by atoms with Crippen molar-refractivity contribution in [1.82, 2.24) is 14.8 Å². The summed E-state index contributed by atoms with van der Waals surface area (Å²) in [5.41, 5.74) is 7.06. The molecule has 3 rings (SSSR count). The summed E-state index contributed by atoms with van der Waals surface area (Å²) in [5.74, 6) is 0.605. The van der Waals surface area contributed by atoms with Crippen LogP contribution in [0.1, 0.15) is 44.1 Å². The number of nitrogens with two attached hydrogens (primary N) is 1. The molecule has 0 bridgehead atoms. The van der Waals surface area contributed by atoms with Crippen molar-refractivity contribution in [3.8, 4) is 0 Å². The molecule has 6 nitrogen and oxygen atoms in total. The summed E-state index contributed by atoms with van der Waals surface area (Å²) in [6.45, 7) is 1.24. The highest BCUT2D eigenvalue weighted by molar-refractivity contribution is 5.90. The predicted octanol–water partition coefficient (Wildman–Crippen LogP) is 3.41. The number of pyridine rings is 1. The number of halogens is 2. The van der Waals surface area contributed by atoms with Gasteiger partial charge in [-0.05, 0) is 42.5 Å². The zero-order valence-corrected chi connectivity index (χ0v) is 16.4. The molecule has 1 saturated carbocycles. The molecule has 0 unspecified atom stereocenters. The van der Waals surface area contributed by atoms with E-state index in [1.165, 1.54) is 19.3 Å². The van der Waals surface area contributed by atoms with E-state index in [2.05, 4.69) is 15.4 Å². The topological polar surface area (TPSA) is 85.8 Å². The number of rotatable bonds is 6. The van der Waals surface area contributed by atoms with E-state index in [-0.39, 0.29) is 36.1 Å². The Hall–Kier alpha value is -1.63. The van der Waals surface area contributed by atoms with Crippen LogP contribution in [0.25, 0.3) is 0 Å². The van der Waals surface area contributed by atoms with Gasteiger partial charge in [0.25, 0.3) is 0 Å². The molecule has 0 radical (unpaired) electrons. The number of nitrogens with one attached hydrogen (secondary N) is 1. The number of hydrogen-bond acceptors (Lipinski definition) is 4. The second-order valence-electron chi connectivity index (χ2n) is 6.74. The van der Waals surface area contributed by atoms with Crippen LogP contribution in [-0.2, 0) is 11.3 Å². The van der Waals surface area contributed by atoms with Crippen molar-refractivity contribution in [2.75, 3.05) is 11.9 Å². The lowest BCUT2D eigenvalue weighted by Crippen LogP contribution is -2.36. The van der Waals surface area contributed by atoms with Crippen LogP contribution >= 0.6 is 24.8 Å². The SMILES string of the molecule is Cl.Cl.NCC1(CC(=O)Nc2ccn(Cc3ccncc3)n2)CCCCC1. The molecule has 1 fully saturated rings. The molecule has 1 aliphatic rings. The summed E-state index contributed by atoms with van der Waals surface area (Å²) in [5, 5.41) is 7.34. The molecule has 0 aromatic carbocycles. The Morgan fingerprint density at radius 3 is 2.50 bits per heavy atom. The molecule has 0 spiro atoms. The highest BCUT2D eigenvalue weighted by Crippen LogP contribution is 2.38. The normalized spacial score (nSPS) is 15.4. The highest BCUT2D eigenvalue weighted by atomic mass is 35.5. The van der Waals surface area contributed by atoms with E-state index in [0.29, 0.717) is 25.3 Å². The van der Waals surface area contributed by atoms with E-state index in [9.17, 15) is 4.79 Å². The monoisotopic (exact) mass is 399 g/mol. The lowest BCUT2D eigenvalue weighted by molar-refractivity contribution is -0.118. The van der Waals surface area contributed by atoms with Crippen LogP contribution in [0.5, 0.6) is 0 Å². The molecular weight excluding hydrogens is 373 g/mol. The Bertz CT molecular complexity index is 671. The number of carbonyl (C=O) groups excluding carboxylic acids is 1. The number of anilines is 1. The van der Waals surface area contributed by atoms with Crippen molar-refractivity contribution in [1.29, 1.82) is 0 Å². The molecule has 0 saturated heterocycles. The highest BCUT2D eigenvalue weighted by Gasteiger charge is 2.33. The fourth-order valence-corrected chi connectivity index (χ4v) is 3.47. The fourth-order valence-electron chi connectivity index (χ4n) is 3.47. The van der Waals surface area contributed by atoms with E-state index in [0.717, 1.165) is 18.4 Å². The van der Waals surface area contributed by atoms with Gasteiger partial charge >= 0.3 is 0 Å². The minimum atomic E-state index is -0.0259. The summed E-state index contributed by atoms with van der Waals surface area (Å²) in [6, 6.07) is 5.73. The molecule has 0 atom stereocenters. The number of aromatic nitrogens is 3. The van der Waals surface area contributed by atoms with Crippen molar-refractivity contribution < 1.29 is 4.79 Å². The zero-order chi connectivity index (χ0) is 16.8. The van der Waals surface area contributed by atoms with E-state index >= 15 is 0 Å². The van der Waals surface area contributed by atoms with Crippen LogP contribution in [0.2, 0.25) is 0 Å². The maximum absolute atomic E-state index is 12.4. The van der Waals surface area contributed by atoms with Crippen molar-refractivity contribution in [3.05, 3.63) is 42.4 Å². The third kappa shape index (κ3) is 5.97. The van der Waals surface area contributed by atoms with E-state index < -0.39 is 0 Å². The van der Waals surface area contributed by atoms with Gasteiger partial charge in [-0.1, -0.05) is 19.3 Å². The van der Waals surface area contributed by atoms with Gasteiger partial charge in [0.05, 0.1) is 6.54 Å². The number of amides is 1. The Labute approximate surface area is 166 Å². The molecule has 8 heteroatoms. The number of carbonyl (C=O) groups is 1. The van der Waals surface area contributed by atoms with E-state index in [4.69, 9.17) is 5.73 Å². The molecule has 144 valence electrons. The van der Waals surface area contributed by atoms with Gasteiger partial charge in [-0.25, -0.2) is 0 Å². The molecule has 2 heterocycles. The molecule has 1 aliphatic carbocycles. The second kappa shape index (κ2) is 10.5. The first-order valence-electron chi connectivity index (χ1n) is 8.61. The maximum atomic E-state index is 12.4. The van der Waals surface area contributed by atoms with Gasteiger partial charge < -0.3 is 11.1 Å². The summed E-state index contributed by atoms with van der Waals surface area (Å²) in [7, 11) is 0. The van der Waals surface area contributed by atoms with Crippen molar-refractivity contribution in [3.63, 3.8) is 0 Å². The van der Waals surface area contributed by atoms with Gasteiger partial charge in [0.15, 0.2) is 5.82 Å². The van der Waals surface area contributed by atoms with Gasteiger partial charge in [-0.2, -0.15) is 5.10 Å². The van der Waals surface area contributed by atoms with Gasteiger partial charge in [-0.3, -0.25) is 14.5 Å². The quantitative estimate of drug-likeness (QED) is 0.778. The second-order valence-corrected chi connectivity index (χ2v) is 6.74. The van der Waals surface area contributed by atoms with Crippen molar-refractivity contribution in [2.24, 2.45) is 11.1 Å². The van der Waals surface area contributed by atoms with Crippen LogP contribution in [0.3, 0.4) is 0 Å². The molecule has 2 aromatic rings. The molecule has 1 amide bonds. The molecule has 2 aromatic heterocycles. The first-order chi connectivity index (χ1) is 11.7. The smallest absolute Gasteiger partial charge is 0.226 e. The number of nitrogens with zero attached hydrogens (tertiary/aromatic N) is 3. The van der Waals surface area contributed by atoms with Gasteiger partial charge in [0.2, 0.25) is 5.91 Å². The standard InChI is InChI=1S/C18H25N5O.2ClH/c19-14-18(7-2-1-3-8-18)12-17(24)21-16-6-11-23(22-16)13-15-4-9-20-10-5-15;;/h4-6,9-11H,1-3,7-8,12-14,19H2,(H,21,22,24);2*1H. The average molecular weight is 400 g/mol. The predicted molar refractivity (Wildman–Crippen MR) is 108 cm³/mol. The van der Waals surface area contributed by atoms with E-state index in [1.54, 1.807) is 12.4 Å². The molecule has 26 heavy (non-hydrogen) atoms. The van der Waals surface area contributed by atoms with Crippen LogP contribution in [0.15, 0.2) is 36.8 Å². The first kappa shape index (κ1) is 22.4.